The molecule has 2 fully saturated rings. The van der Waals surface area contributed by atoms with Gasteiger partial charge in [-0.1, -0.05) is 11.6 Å². The molecule has 27 heavy (non-hydrogen) atoms. The van der Waals surface area contributed by atoms with Gasteiger partial charge in [0.05, 0.1) is 24.3 Å². The first-order chi connectivity index (χ1) is 13.1. The predicted molar refractivity (Wildman–Crippen MR) is 103 cm³/mol. The van der Waals surface area contributed by atoms with E-state index in [9.17, 15) is 9.18 Å². The van der Waals surface area contributed by atoms with Crippen molar-refractivity contribution in [3.8, 4) is 0 Å². The summed E-state index contributed by atoms with van der Waals surface area (Å²) in [5, 5.41) is 0.847. The number of hydrogen-bond acceptors (Lipinski definition) is 4. The number of morpholine rings is 1. The van der Waals surface area contributed by atoms with Crippen LogP contribution in [0.2, 0.25) is 5.15 Å². The van der Waals surface area contributed by atoms with Crippen molar-refractivity contribution in [2.24, 2.45) is 5.92 Å². The van der Waals surface area contributed by atoms with E-state index in [-0.39, 0.29) is 16.9 Å². The third-order valence-corrected chi connectivity index (χ3v) is 5.77. The van der Waals surface area contributed by atoms with Gasteiger partial charge in [0.25, 0.3) is 5.91 Å². The predicted octanol–water partition coefficient (Wildman–Crippen LogP) is 3.21. The van der Waals surface area contributed by atoms with Gasteiger partial charge in [-0.3, -0.25) is 9.69 Å². The third-order valence-electron chi connectivity index (χ3n) is 5.49. The molecule has 2 saturated heterocycles. The fourth-order valence-electron chi connectivity index (χ4n) is 3.90. The molecule has 0 radical (unpaired) electrons. The average Bonchev–Trinajstić information content (AvgIpc) is 2.68. The van der Waals surface area contributed by atoms with Crippen molar-refractivity contribution in [2.45, 2.75) is 12.8 Å². The lowest BCUT2D eigenvalue weighted by Gasteiger charge is -2.36. The number of pyridine rings is 1. The molecule has 4 rings (SSSR count). The van der Waals surface area contributed by atoms with E-state index in [1.54, 1.807) is 12.1 Å². The highest BCUT2D eigenvalue weighted by Gasteiger charge is 2.27. The number of rotatable bonds is 3. The summed E-state index contributed by atoms with van der Waals surface area (Å²) >= 11 is 6.23. The Hall–Kier alpha value is -1.76. The van der Waals surface area contributed by atoms with Gasteiger partial charge in [-0.15, -0.1) is 0 Å². The van der Waals surface area contributed by atoms with E-state index in [0.717, 1.165) is 58.8 Å². The second-order valence-corrected chi connectivity index (χ2v) is 7.67. The van der Waals surface area contributed by atoms with Crippen LogP contribution in [0.3, 0.4) is 0 Å². The lowest BCUT2D eigenvalue weighted by atomic mass is 9.95. The van der Waals surface area contributed by atoms with Crippen molar-refractivity contribution >= 4 is 28.4 Å². The molecule has 5 nitrogen and oxygen atoms in total. The molecule has 7 heteroatoms. The first kappa shape index (κ1) is 18.6. The van der Waals surface area contributed by atoms with Gasteiger partial charge in [0.2, 0.25) is 0 Å². The highest BCUT2D eigenvalue weighted by molar-refractivity contribution is 6.33. The molecule has 0 atom stereocenters. The standard InChI is InChI=1S/C20H23ClFN3O2/c21-19-17(11-15-1-2-16(22)12-18(15)23-19)20(26)25-5-3-14(4-6-25)13-24-7-9-27-10-8-24/h1-2,11-12,14H,3-10,13H2. The van der Waals surface area contributed by atoms with Crippen LogP contribution in [0.4, 0.5) is 4.39 Å². The summed E-state index contributed by atoms with van der Waals surface area (Å²) in [6.45, 7) is 6.16. The number of amides is 1. The zero-order valence-electron chi connectivity index (χ0n) is 15.2. The Morgan fingerprint density at radius 3 is 2.67 bits per heavy atom. The molecule has 0 spiro atoms. The van der Waals surface area contributed by atoms with E-state index in [1.165, 1.54) is 12.1 Å². The van der Waals surface area contributed by atoms with E-state index >= 15 is 0 Å². The van der Waals surface area contributed by atoms with E-state index in [0.29, 0.717) is 22.4 Å². The van der Waals surface area contributed by atoms with Gasteiger partial charge < -0.3 is 9.64 Å². The van der Waals surface area contributed by atoms with Crippen LogP contribution in [0, 0.1) is 11.7 Å². The number of fused-ring (bicyclic) bond motifs is 1. The van der Waals surface area contributed by atoms with Gasteiger partial charge in [0, 0.05) is 44.2 Å². The Balaban J connectivity index is 1.41. The van der Waals surface area contributed by atoms with Crippen molar-refractivity contribution in [1.29, 1.82) is 0 Å². The van der Waals surface area contributed by atoms with Crippen LogP contribution in [0.15, 0.2) is 24.3 Å². The Morgan fingerprint density at radius 1 is 1.19 bits per heavy atom. The molecule has 0 bridgehead atoms. The maximum absolute atomic E-state index is 13.4. The number of nitrogens with zero attached hydrogens (tertiary/aromatic N) is 3. The number of ether oxygens (including phenoxy) is 1. The number of aromatic nitrogens is 1. The molecule has 2 aliphatic heterocycles. The molecule has 1 aromatic carbocycles. The molecule has 0 N–H and O–H groups in total. The quantitative estimate of drug-likeness (QED) is 0.754. The molecule has 0 unspecified atom stereocenters. The topological polar surface area (TPSA) is 45.7 Å². The highest BCUT2D eigenvalue weighted by Crippen LogP contribution is 2.25. The smallest absolute Gasteiger partial charge is 0.257 e. The minimum absolute atomic E-state index is 0.0939. The number of carbonyl (C=O) groups excluding carboxylic acids is 1. The lowest BCUT2D eigenvalue weighted by Crippen LogP contribution is -2.44. The Bertz CT molecular complexity index is 833. The monoisotopic (exact) mass is 391 g/mol. The minimum Gasteiger partial charge on any atom is -0.379 e. The van der Waals surface area contributed by atoms with E-state index in [1.807, 2.05) is 4.90 Å². The Kier molecular flexibility index (Phi) is 5.57. The molecule has 2 aromatic rings. The Morgan fingerprint density at radius 2 is 1.93 bits per heavy atom. The molecular weight excluding hydrogens is 369 g/mol. The largest absolute Gasteiger partial charge is 0.379 e. The van der Waals surface area contributed by atoms with Crippen LogP contribution in [0.1, 0.15) is 23.2 Å². The number of carbonyl (C=O) groups is 1. The third kappa shape index (κ3) is 4.23. The van der Waals surface area contributed by atoms with Crippen molar-refractivity contribution in [3.05, 3.63) is 40.8 Å². The van der Waals surface area contributed by atoms with Crippen LogP contribution in [0.25, 0.3) is 10.9 Å². The van der Waals surface area contributed by atoms with Crippen molar-refractivity contribution in [3.63, 3.8) is 0 Å². The molecule has 3 heterocycles. The maximum atomic E-state index is 13.4. The van der Waals surface area contributed by atoms with Gasteiger partial charge in [-0.05, 0) is 37.0 Å². The summed E-state index contributed by atoms with van der Waals surface area (Å²) in [5.41, 5.74) is 0.850. The summed E-state index contributed by atoms with van der Waals surface area (Å²) in [4.78, 5) is 21.4. The van der Waals surface area contributed by atoms with E-state index < -0.39 is 0 Å². The molecule has 0 aliphatic carbocycles. The number of hydrogen-bond donors (Lipinski definition) is 0. The summed E-state index contributed by atoms with van der Waals surface area (Å²) in [5.74, 6) is 0.149. The van der Waals surface area contributed by atoms with Crippen LogP contribution < -0.4 is 0 Å². The number of halogens is 2. The summed E-state index contributed by atoms with van der Waals surface area (Å²) in [6.07, 6.45) is 1.99. The van der Waals surface area contributed by atoms with E-state index in [2.05, 4.69) is 9.88 Å². The van der Waals surface area contributed by atoms with Gasteiger partial charge in [-0.25, -0.2) is 9.37 Å². The normalized spacial score (nSPS) is 19.6. The average molecular weight is 392 g/mol. The van der Waals surface area contributed by atoms with Crippen molar-refractivity contribution in [2.75, 3.05) is 45.9 Å². The van der Waals surface area contributed by atoms with Crippen molar-refractivity contribution < 1.29 is 13.9 Å². The number of piperidine rings is 1. The van der Waals surface area contributed by atoms with Gasteiger partial charge in [0.15, 0.2) is 0 Å². The lowest BCUT2D eigenvalue weighted by molar-refractivity contribution is 0.0243. The van der Waals surface area contributed by atoms with Gasteiger partial charge in [0.1, 0.15) is 11.0 Å². The number of benzene rings is 1. The molecule has 144 valence electrons. The van der Waals surface area contributed by atoms with Crippen LogP contribution in [-0.2, 0) is 4.74 Å². The van der Waals surface area contributed by atoms with Crippen LogP contribution >= 0.6 is 11.6 Å². The zero-order chi connectivity index (χ0) is 18.8. The maximum Gasteiger partial charge on any atom is 0.257 e. The molecule has 1 amide bonds. The SMILES string of the molecule is O=C(c1cc2ccc(F)cc2nc1Cl)N1CCC(CN2CCOCC2)CC1. The second kappa shape index (κ2) is 8.09. The highest BCUT2D eigenvalue weighted by atomic mass is 35.5. The summed E-state index contributed by atoms with van der Waals surface area (Å²) in [7, 11) is 0. The van der Waals surface area contributed by atoms with Crippen LogP contribution in [0.5, 0.6) is 0 Å². The molecule has 0 saturated carbocycles. The second-order valence-electron chi connectivity index (χ2n) is 7.31. The summed E-state index contributed by atoms with van der Waals surface area (Å²) in [6, 6.07) is 6.03. The fourth-order valence-corrected chi connectivity index (χ4v) is 4.13. The zero-order valence-corrected chi connectivity index (χ0v) is 15.9. The van der Waals surface area contributed by atoms with Crippen molar-refractivity contribution in [1.82, 2.24) is 14.8 Å². The Labute approximate surface area is 163 Å². The van der Waals surface area contributed by atoms with Gasteiger partial charge >= 0.3 is 0 Å². The fraction of sp³-hybridized carbons (Fsp3) is 0.500. The first-order valence-corrected chi connectivity index (χ1v) is 9.83. The molecule has 2 aliphatic rings. The minimum atomic E-state index is -0.368. The summed E-state index contributed by atoms with van der Waals surface area (Å²) < 4.78 is 18.8. The molecular formula is C20H23ClFN3O2. The molecule has 1 aromatic heterocycles. The first-order valence-electron chi connectivity index (χ1n) is 9.45. The number of likely N-dealkylation sites (tertiary alicyclic amines) is 1. The van der Waals surface area contributed by atoms with E-state index in [4.69, 9.17) is 16.3 Å². The van der Waals surface area contributed by atoms with Gasteiger partial charge in [-0.2, -0.15) is 0 Å². The van der Waals surface area contributed by atoms with Crippen LogP contribution in [-0.4, -0.2) is 66.6 Å².